The van der Waals surface area contributed by atoms with E-state index < -0.39 is 5.79 Å². The molecule has 28 heavy (non-hydrogen) atoms. The Hall–Kier alpha value is -0.940. The van der Waals surface area contributed by atoms with Gasteiger partial charge in [0.2, 0.25) is 0 Å². The van der Waals surface area contributed by atoms with E-state index in [2.05, 4.69) is 77.8 Å². The summed E-state index contributed by atoms with van der Waals surface area (Å²) in [5.41, 5.74) is 0.847. The highest BCUT2D eigenvalue weighted by Gasteiger charge is 2.62. The van der Waals surface area contributed by atoms with Gasteiger partial charge in [0.15, 0.2) is 5.79 Å². The first-order chi connectivity index (χ1) is 13.2. The summed E-state index contributed by atoms with van der Waals surface area (Å²) in [6.45, 7) is 17.3. The first-order valence-electron chi connectivity index (χ1n) is 11.0. The highest BCUT2D eigenvalue weighted by atomic mass is 16.7. The summed E-state index contributed by atoms with van der Waals surface area (Å²) in [6.07, 6.45) is 2.75. The highest BCUT2D eigenvalue weighted by Crippen LogP contribution is 2.54. The second kappa shape index (κ2) is 8.06. The minimum atomic E-state index is -0.530. The molecule has 0 radical (unpaired) electrons. The third-order valence-electron chi connectivity index (χ3n) is 7.41. The fourth-order valence-electron chi connectivity index (χ4n) is 4.94. The number of piperidine rings is 1. The smallest absolute Gasteiger partial charge is 0.174 e. The van der Waals surface area contributed by atoms with Crippen LogP contribution in [-0.2, 0) is 14.3 Å². The van der Waals surface area contributed by atoms with Crippen molar-refractivity contribution in [2.45, 2.75) is 90.7 Å². The van der Waals surface area contributed by atoms with Crippen molar-refractivity contribution in [1.29, 1.82) is 0 Å². The van der Waals surface area contributed by atoms with Gasteiger partial charge in [-0.1, -0.05) is 58.0 Å². The summed E-state index contributed by atoms with van der Waals surface area (Å²) in [5.74, 6) is 0.115. The van der Waals surface area contributed by atoms with Crippen molar-refractivity contribution in [1.82, 2.24) is 5.06 Å². The molecule has 4 heteroatoms. The largest absolute Gasteiger partial charge is 0.349 e. The van der Waals surface area contributed by atoms with E-state index in [1.165, 1.54) is 5.56 Å². The summed E-state index contributed by atoms with van der Waals surface area (Å²) in [6, 6.07) is 10.5. The van der Waals surface area contributed by atoms with E-state index in [-0.39, 0.29) is 23.1 Å². The van der Waals surface area contributed by atoms with E-state index in [1.807, 2.05) is 6.07 Å². The molecule has 2 aliphatic heterocycles. The average molecular weight is 390 g/mol. The molecular formula is C24H39NO3. The normalized spacial score (nSPS) is 40.5. The summed E-state index contributed by atoms with van der Waals surface area (Å²) >= 11 is 0. The Morgan fingerprint density at radius 3 is 2.21 bits per heavy atom. The van der Waals surface area contributed by atoms with Crippen LogP contribution in [0, 0.1) is 11.8 Å². The Morgan fingerprint density at radius 2 is 1.68 bits per heavy atom. The van der Waals surface area contributed by atoms with Crippen LogP contribution in [0.15, 0.2) is 30.3 Å². The van der Waals surface area contributed by atoms with Gasteiger partial charge in [0.05, 0.1) is 18.8 Å². The lowest BCUT2D eigenvalue weighted by atomic mass is 9.67. The first kappa shape index (κ1) is 21.8. The molecule has 2 saturated heterocycles. The molecule has 0 amide bonds. The van der Waals surface area contributed by atoms with Gasteiger partial charge in [0.1, 0.15) is 6.10 Å². The fourth-order valence-corrected chi connectivity index (χ4v) is 4.94. The number of rotatable bonds is 5. The Morgan fingerprint density at radius 1 is 1.07 bits per heavy atom. The Balaban J connectivity index is 1.94. The Labute approximate surface area is 171 Å². The van der Waals surface area contributed by atoms with Gasteiger partial charge < -0.3 is 9.47 Å². The second-order valence-electron chi connectivity index (χ2n) is 9.45. The van der Waals surface area contributed by atoms with Gasteiger partial charge in [-0.2, -0.15) is 5.06 Å². The van der Waals surface area contributed by atoms with Crippen LogP contribution in [0.2, 0.25) is 0 Å². The quantitative estimate of drug-likeness (QED) is 0.643. The van der Waals surface area contributed by atoms with Crippen molar-refractivity contribution in [3.8, 4) is 0 Å². The fraction of sp³-hybridized carbons (Fsp3) is 0.750. The Kier molecular flexibility index (Phi) is 6.26. The lowest BCUT2D eigenvalue weighted by Gasteiger charge is -2.64. The predicted octanol–water partition coefficient (Wildman–Crippen LogP) is 5.74. The van der Waals surface area contributed by atoms with E-state index in [1.54, 1.807) is 0 Å². The molecule has 1 aromatic carbocycles. The summed E-state index contributed by atoms with van der Waals surface area (Å²) in [4.78, 5) is 6.74. The molecule has 2 fully saturated rings. The molecule has 0 aromatic heterocycles. The van der Waals surface area contributed by atoms with Crippen LogP contribution < -0.4 is 0 Å². The minimum Gasteiger partial charge on any atom is -0.349 e. The molecule has 3 rings (SSSR count). The molecule has 158 valence electrons. The molecule has 4 unspecified atom stereocenters. The zero-order valence-corrected chi connectivity index (χ0v) is 18.8. The predicted molar refractivity (Wildman–Crippen MR) is 113 cm³/mol. The van der Waals surface area contributed by atoms with Gasteiger partial charge in [0.25, 0.3) is 0 Å². The number of ether oxygens (including phenoxy) is 2. The van der Waals surface area contributed by atoms with Crippen LogP contribution in [0.1, 0.15) is 79.4 Å². The van der Waals surface area contributed by atoms with E-state index in [0.717, 1.165) is 32.5 Å². The lowest BCUT2D eigenvalue weighted by molar-refractivity contribution is -0.409. The molecule has 0 bridgehead atoms. The zero-order valence-electron chi connectivity index (χ0n) is 18.8. The number of hydrogen-bond acceptors (Lipinski definition) is 4. The van der Waals surface area contributed by atoms with Gasteiger partial charge in [-0.25, -0.2) is 0 Å². The SMILES string of the molecule is CCC1(C)CC2(OCC(C)CO2)C(C)C(C)(CC)N1OC(C)c1ccccc1. The van der Waals surface area contributed by atoms with Crippen LogP contribution in [0.3, 0.4) is 0 Å². The van der Waals surface area contributed by atoms with Crippen LogP contribution in [-0.4, -0.2) is 35.1 Å². The maximum absolute atomic E-state index is 6.74. The molecule has 4 atom stereocenters. The maximum atomic E-state index is 6.74. The molecule has 0 aliphatic carbocycles. The first-order valence-corrected chi connectivity index (χ1v) is 11.0. The summed E-state index contributed by atoms with van der Waals surface area (Å²) in [7, 11) is 0. The van der Waals surface area contributed by atoms with Crippen molar-refractivity contribution in [3.05, 3.63) is 35.9 Å². The molecule has 0 N–H and O–H groups in total. The topological polar surface area (TPSA) is 30.9 Å². The molecular weight excluding hydrogens is 350 g/mol. The number of hydroxylamine groups is 2. The standard InChI is InChI=1S/C24H39NO3/c1-8-22(6)17-24(26-15-18(3)16-27-24)20(5)23(7,9-2)25(22)28-19(4)21-13-11-10-12-14-21/h10-14,18-20H,8-9,15-17H2,1-7H3. The Bertz CT molecular complexity index is 643. The van der Waals surface area contributed by atoms with Crippen molar-refractivity contribution in [2.24, 2.45) is 11.8 Å². The molecule has 1 spiro atoms. The number of hydrogen-bond donors (Lipinski definition) is 0. The third kappa shape index (κ3) is 3.65. The average Bonchev–Trinajstić information content (AvgIpc) is 2.72. The van der Waals surface area contributed by atoms with Crippen molar-refractivity contribution < 1.29 is 14.3 Å². The van der Waals surface area contributed by atoms with Gasteiger partial charge in [-0.05, 0) is 39.2 Å². The van der Waals surface area contributed by atoms with E-state index in [0.29, 0.717) is 5.92 Å². The van der Waals surface area contributed by atoms with Crippen LogP contribution in [0.25, 0.3) is 0 Å². The van der Waals surface area contributed by atoms with Crippen LogP contribution >= 0.6 is 0 Å². The summed E-state index contributed by atoms with van der Waals surface area (Å²) < 4.78 is 12.9. The van der Waals surface area contributed by atoms with E-state index in [4.69, 9.17) is 14.3 Å². The van der Waals surface area contributed by atoms with Crippen molar-refractivity contribution >= 4 is 0 Å². The van der Waals surface area contributed by atoms with Crippen LogP contribution in [0.5, 0.6) is 0 Å². The van der Waals surface area contributed by atoms with Crippen LogP contribution in [0.4, 0.5) is 0 Å². The number of nitrogens with zero attached hydrogens (tertiary/aromatic N) is 1. The maximum Gasteiger partial charge on any atom is 0.174 e. The molecule has 1 aromatic rings. The third-order valence-corrected chi connectivity index (χ3v) is 7.41. The van der Waals surface area contributed by atoms with Gasteiger partial charge >= 0.3 is 0 Å². The van der Waals surface area contributed by atoms with E-state index >= 15 is 0 Å². The lowest BCUT2D eigenvalue weighted by Crippen LogP contribution is -2.73. The highest BCUT2D eigenvalue weighted by molar-refractivity contribution is 5.17. The molecule has 0 saturated carbocycles. The molecule has 2 heterocycles. The van der Waals surface area contributed by atoms with Crippen molar-refractivity contribution in [2.75, 3.05) is 13.2 Å². The van der Waals surface area contributed by atoms with Gasteiger partial charge in [-0.3, -0.25) is 4.84 Å². The van der Waals surface area contributed by atoms with Gasteiger partial charge in [-0.15, -0.1) is 0 Å². The van der Waals surface area contributed by atoms with Crippen molar-refractivity contribution in [3.63, 3.8) is 0 Å². The van der Waals surface area contributed by atoms with Gasteiger partial charge in [0, 0.05) is 23.8 Å². The second-order valence-corrected chi connectivity index (χ2v) is 9.45. The zero-order chi connectivity index (χ0) is 20.6. The molecule has 2 aliphatic rings. The minimum absolute atomic E-state index is 0.00702. The monoisotopic (exact) mass is 389 g/mol. The number of benzene rings is 1. The van der Waals surface area contributed by atoms with E-state index in [9.17, 15) is 0 Å². The molecule has 4 nitrogen and oxygen atoms in total. The summed E-state index contributed by atoms with van der Waals surface area (Å²) in [5, 5.41) is 2.30.